The van der Waals surface area contributed by atoms with Gasteiger partial charge in [-0.05, 0) is 25.5 Å². The largest absolute Gasteiger partial charge is 0.339 e. The fourth-order valence-corrected chi connectivity index (χ4v) is 3.68. The molecular weight excluding hydrogens is 388 g/mol. The van der Waals surface area contributed by atoms with E-state index >= 15 is 0 Å². The molecule has 0 aliphatic carbocycles. The second kappa shape index (κ2) is 9.27. The lowest BCUT2D eigenvalue weighted by Gasteiger charge is -2.34. The van der Waals surface area contributed by atoms with Crippen molar-refractivity contribution in [3.63, 3.8) is 0 Å². The van der Waals surface area contributed by atoms with Gasteiger partial charge in [0.2, 0.25) is 11.8 Å². The van der Waals surface area contributed by atoms with Gasteiger partial charge in [0.25, 0.3) is 0 Å². The van der Waals surface area contributed by atoms with Crippen LogP contribution in [-0.4, -0.2) is 57.6 Å². The molecule has 1 aliphatic rings. The van der Waals surface area contributed by atoms with E-state index < -0.39 is 0 Å². The number of piperazine rings is 1. The quantitative estimate of drug-likeness (QED) is 0.705. The average Bonchev–Trinajstić information content (AvgIpc) is 3.00. The van der Waals surface area contributed by atoms with Crippen LogP contribution in [0.2, 0.25) is 5.15 Å². The Morgan fingerprint density at radius 3 is 2.31 bits per heavy atom. The zero-order valence-corrected chi connectivity index (χ0v) is 17.9. The lowest BCUT2D eigenvalue weighted by atomic mass is 10.1. The predicted octanol–water partition coefficient (Wildman–Crippen LogP) is 3.30. The van der Waals surface area contributed by atoms with Crippen molar-refractivity contribution in [1.82, 2.24) is 19.6 Å². The lowest BCUT2D eigenvalue weighted by molar-refractivity contribution is -0.136. The third-order valence-electron chi connectivity index (χ3n) is 5.20. The van der Waals surface area contributed by atoms with Crippen molar-refractivity contribution in [2.24, 2.45) is 0 Å². The van der Waals surface area contributed by atoms with Crippen LogP contribution in [0.3, 0.4) is 0 Å². The number of rotatable bonds is 5. The average molecular weight is 415 g/mol. The second-order valence-electron chi connectivity index (χ2n) is 7.33. The third kappa shape index (κ3) is 5.07. The van der Waals surface area contributed by atoms with E-state index in [0.717, 1.165) is 16.8 Å². The van der Waals surface area contributed by atoms with Crippen molar-refractivity contribution < 1.29 is 9.59 Å². The Kier molecular flexibility index (Phi) is 6.75. The Balaban J connectivity index is 1.64. The summed E-state index contributed by atoms with van der Waals surface area (Å²) < 4.78 is 1.75. The van der Waals surface area contributed by atoms with Crippen LogP contribution in [0.25, 0.3) is 6.08 Å². The Morgan fingerprint density at radius 1 is 1.07 bits per heavy atom. The highest BCUT2D eigenvalue weighted by Gasteiger charge is 2.22. The molecule has 0 N–H and O–H groups in total. The lowest BCUT2D eigenvalue weighted by Crippen LogP contribution is -2.50. The van der Waals surface area contributed by atoms with Crippen molar-refractivity contribution >= 4 is 29.5 Å². The highest BCUT2D eigenvalue weighted by Crippen LogP contribution is 2.22. The van der Waals surface area contributed by atoms with Gasteiger partial charge in [-0.2, -0.15) is 5.10 Å². The molecule has 2 aromatic rings. The van der Waals surface area contributed by atoms with Crippen LogP contribution in [0.1, 0.15) is 35.7 Å². The van der Waals surface area contributed by atoms with Gasteiger partial charge in [-0.1, -0.05) is 48.4 Å². The molecule has 1 aliphatic heterocycles. The molecule has 1 aromatic heterocycles. The molecular formula is C22H27ClN4O2. The summed E-state index contributed by atoms with van der Waals surface area (Å²) >= 11 is 6.53. The van der Waals surface area contributed by atoms with Gasteiger partial charge in [0.15, 0.2) is 0 Å². The van der Waals surface area contributed by atoms with Crippen molar-refractivity contribution in [2.45, 2.75) is 33.7 Å². The number of nitrogens with zero attached hydrogens (tertiary/aromatic N) is 4. The topological polar surface area (TPSA) is 58.4 Å². The van der Waals surface area contributed by atoms with Crippen LogP contribution in [-0.2, 0) is 16.1 Å². The minimum Gasteiger partial charge on any atom is -0.339 e. The summed E-state index contributed by atoms with van der Waals surface area (Å²) in [6.45, 7) is 8.64. The smallest absolute Gasteiger partial charge is 0.246 e. The van der Waals surface area contributed by atoms with E-state index in [9.17, 15) is 9.59 Å². The molecule has 1 fully saturated rings. The van der Waals surface area contributed by atoms with Crippen molar-refractivity contribution in [3.05, 3.63) is 57.9 Å². The fourth-order valence-electron chi connectivity index (χ4n) is 3.39. The number of carbonyl (C=O) groups is 2. The Morgan fingerprint density at radius 2 is 1.69 bits per heavy atom. The molecule has 2 heterocycles. The normalized spacial score (nSPS) is 14.6. The first-order valence-electron chi connectivity index (χ1n) is 9.92. The molecule has 7 heteroatoms. The van der Waals surface area contributed by atoms with Crippen LogP contribution in [0, 0.1) is 13.8 Å². The van der Waals surface area contributed by atoms with Gasteiger partial charge in [0.1, 0.15) is 5.15 Å². The van der Waals surface area contributed by atoms with E-state index in [1.54, 1.807) is 21.7 Å². The van der Waals surface area contributed by atoms with Gasteiger partial charge in [-0.15, -0.1) is 0 Å². The van der Waals surface area contributed by atoms with Gasteiger partial charge in [0.05, 0.1) is 12.2 Å². The van der Waals surface area contributed by atoms with Crippen LogP contribution in [0.15, 0.2) is 30.3 Å². The van der Waals surface area contributed by atoms with Crippen LogP contribution in [0.5, 0.6) is 0 Å². The predicted molar refractivity (Wildman–Crippen MR) is 115 cm³/mol. The number of hydrogen-bond acceptors (Lipinski definition) is 3. The molecule has 0 radical (unpaired) electrons. The maximum Gasteiger partial charge on any atom is 0.246 e. The zero-order valence-electron chi connectivity index (χ0n) is 17.2. The number of benzene rings is 1. The van der Waals surface area contributed by atoms with E-state index in [4.69, 9.17) is 11.6 Å². The highest BCUT2D eigenvalue weighted by atomic mass is 35.5. The molecule has 0 bridgehead atoms. The monoisotopic (exact) mass is 414 g/mol. The second-order valence-corrected chi connectivity index (χ2v) is 7.68. The van der Waals surface area contributed by atoms with Gasteiger partial charge in [-0.25, -0.2) is 4.68 Å². The molecule has 1 saturated heterocycles. The molecule has 0 spiro atoms. The van der Waals surface area contributed by atoms with E-state index in [1.165, 1.54) is 5.56 Å². The van der Waals surface area contributed by atoms with Crippen LogP contribution < -0.4 is 0 Å². The van der Waals surface area contributed by atoms with E-state index in [-0.39, 0.29) is 11.8 Å². The number of amides is 2. The van der Waals surface area contributed by atoms with Gasteiger partial charge < -0.3 is 9.80 Å². The molecule has 0 unspecified atom stereocenters. The third-order valence-corrected chi connectivity index (χ3v) is 5.60. The number of carbonyl (C=O) groups excluding carboxylic acids is 2. The summed E-state index contributed by atoms with van der Waals surface area (Å²) in [5.41, 5.74) is 3.86. The van der Waals surface area contributed by atoms with Crippen molar-refractivity contribution in [3.8, 4) is 0 Å². The van der Waals surface area contributed by atoms with E-state index in [2.05, 4.69) is 36.3 Å². The molecule has 154 valence electrons. The standard InChI is InChI=1S/C22H27ClN4O2/c1-4-20(28)25-11-13-26(14-12-25)21(29)10-9-19-17(3)24-27(22(19)23)15-18-7-5-16(2)6-8-18/h5-10H,4,11-15H2,1-3H3/b10-9+. The van der Waals surface area contributed by atoms with E-state index in [1.807, 2.05) is 18.7 Å². The number of halogens is 1. The first-order valence-corrected chi connectivity index (χ1v) is 10.3. The summed E-state index contributed by atoms with van der Waals surface area (Å²) in [6, 6.07) is 8.25. The molecule has 3 rings (SSSR count). The summed E-state index contributed by atoms with van der Waals surface area (Å²) in [7, 11) is 0. The van der Waals surface area contributed by atoms with Crippen molar-refractivity contribution in [2.75, 3.05) is 26.2 Å². The summed E-state index contributed by atoms with van der Waals surface area (Å²) in [6.07, 6.45) is 3.78. The SMILES string of the molecule is CCC(=O)N1CCN(C(=O)/C=C/c2c(C)nn(Cc3ccc(C)cc3)c2Cl)CC1. The van der Waals surface area contributed by atoms with Crippen LogP contribution in [0.4, 0.5) is 0 Å². The molecule has 29 heavy (non-hydrogen) atoms. The van der Waals surface area contributed by atoms with E-state index in [0.29, 0.717) is 44.3 Å². The molecule has 0 saturated carbocycles. The maximum atomic E-state index is 12.5. The fraction of sp³-hybridized carbons (Fsp3) is 0.409. The molecule has 1 aromatic carbocycles. The highest BCUT2D eigenvalue weighted by molar-refractivity contribution is 6.31. The Bertz CT molecular complexity index is 910. The first-order chi connectivity index (χ1) is 13.9. The summed E-state index contributed by atoms with van der Waals surface area (Å²) in [4.78, 5) is 27.9. The number of hydrogen-bond donors (Lipinski definition) is 0. The summed E-state index contributed by atoms with van der Waals surface area (Å²) in [5.74, 6) is 0.0615. The van der Waals surface area contributed by atoms with Crippen LogP contribution >= 0.6 is 11.6 Å². The van der Waals surface area contributed by atoms with Gasteiger partial charge in [0, 0.05) is 44.2 Å². The maximum absolute atomic E-state index is 12.5. The molecule has 6 nitrogen and oxygen atoms in total. The Hall–Kier alpha value is -2.60. The van der Waals surface area contributed by atoms with Crippen molar-refractivity contribution in [1.29, 1.82) is 0 Å². The minimum absolute atomic E-state index is 0.0738. The zero-order chi connectivity index (χ0) is 21.0. The molecule has 2 amide bonds. The summed E-state index contributed by atoms with van der Waals surface area (Å²) in [5, 5.41) is 5.04. The minimum atomic E-state index is -0.0738. The van der Waals surface area contributed by atoms with Gasteiger partial charge in [-0.3, -0.25) is 9.59 Å². The molecule has 0 atom stereocenters. The first kappa shape index (κ1) is 21.1. The number of aromatic nitrogens is 2. The van der Waals surface area contributed by atoms with Gasteiger partial charge >= 0.3 is 0 Å². The number of aryl methyl sites for hydroxylation is 2. The Labute approximate surface area is 176 Å².